The lowest BCUT2D eigenvalue weighted by Crippen LogP contribution is -2.40. The highest BCUT2D eigenvalue weighted by atomic mass is 16.2. The number of fused-ring (bicyclic) bond motifs is 11. The minimum Gasteiger partial charge on any atom is -0.356 e. The Balaban J connectivity index is 1.01. The number of pyridine rings is 3. The standard InChI is InChI=1S/C50H55N11O5/c1-2-21-51-49(65)38-24-39(50(66)53-23-22-52-48(64)33-17-15-32(16-18-33)25-61-46(62)19-20-47(61)63)45-31-60-28-36-9-5-13-42(56-36)40-11-3-7-34(54-40)26-59(30-44(38)58-45)27-35-8-4-12-41(55-35)43-14-6-10-37(29-60)57-43/h3-14,19-20,24,32-33,54,56H,2,15-18,21-23,25-31H2,1H3,(H,51,65)(H,52,64)(H,53,66)/b42-40-. The summed E-state index contributed by atoms with van der Waals surface area (Å²) in [6.45, 7) is 5.47. The second-order valence-electron chi connectivity index (χ2n) is 17.6. The summed E-state index contributed by atoms with van der Waals surface area (Å²) in [4.78, 5) is 87.1. The van der Waals surface area contributed by atoms with Crippen molar-refractivity contribution < 1.29 is 24.0 Å². The predicted octanol–water partition coefficient (Wildman–Crippen LogP) is 3.89. The summed E-state index contributed by atoms with van der Waals surface area (Å²) < 4.78 is 0. The molecule has 66 heavy (non-hydrogen) atoms. The van der Waals surface area contributed by atoms with E-state index in [1.165, 1.54) is 17.1 Å². The molecule has 5 amide bonds. The van der Waals surface area contributed by atoms with E-state index in [1.54, 1.807) is 6.07 Å². The number of carbonyl (C=O) groups excluding carboxylic acids is 5. The molecule has 5 N–H and O–H groups in total. The lowest BCUT2D eigenvalue weighted by Gasteiger charge is -2.30. The highest BCUT2D eigenvalue weighted by Gasteiger charge is 2.32. The first kappa shape index (κ1) is 44.2. The molecule has 1 aliphatic carbocycles. The van der Waals surface area contributed by atoms with Crippen LogP contribution in [0.2, 0.25) is 0 Å². The third-order valence-corrected chi connectivity index (χ3v) is 12.7. The van der Waals surface area contributed by atoms with Crippen LogP contribution >= 0.6 is 0 Å². The molecule has 12 bridgehead atoms. The fourth-order valence-electron chi connectivity index (χ4n) is 9.29. The lowest BCUT2D eigenvalue weighted by atomic mass is 9.81. The highest BCUT2D eigenvalue weighted by molar-refractivity contribution is 6.12. The molecule has 16 nitrogen and oxygen atoms in total. The second kappa shape index (κ2) is 20.0. The first-order valence-corrected chi connectivity index (χ1v) is 23.0. The van der Waals surface area contributed by atoms with Crippen LogP contribution < -0.4 is 26.6 Å². The van der Waals surface area contributed by atoms with Gasteiger partial charge in [-0.1, -0.05) is 31.2 Å². The van der Waals surface area contributed by atoms with Gasteiger partial charge in [-0.3, -0.25) is 43.7 Å². The van der Waals surface area contributed by atoms with Gasteiger partial charge in [0, 0.05) is 94.9 Å². The number of rotatable bonds is 10. The van der Waals surface area contributed by atoms with E-state index in [0.29, 0.717) is 69.1 Å². The Morgan fingerprint density at radius 2 is 1.17 bits per heavy atom. The van der Waals surface area contributed by atoms with Crippen LogP contribution in [0.4, 0.5) is 0 Å². The summed E-state index contributed by atoms with van der Waals surface area (Å²) in [5.74, 6) is -1.41. The molecule has 16 heteroatoms. The Kier molecular flexibility index (Phi) is 13.4. The van der Waals surface area contributed by atoms with Gasteiger partial charge in [0.15, 0.2) is 0 Å². The molecule has 3 aromatic rings. The third kappa shape index (κ3) is 10.4. The number of carbonyl (C=O) groups is 5. The van der Waals surface area contributed by atoms with Gasteiger partial charge in [-0.25, -0.2) is 9.97 Å². The lowest BCUT2D eigenvalue weighted by molar-refractivity contribution is -0.138. The molecule has 8 heterocycles. The topological polar surface area (TPSA) is 194 Å². The van der Waals surface area contributed by atoms with Gasteiger partial charge in [0.2, 0.25) is 5.91 Å². The molecule has 9 rings (SSSR count). The summed E-state index contributed by atoms with van der Waals surface area (Å²) in [6.07, 6.45) is 18.4. The molecular formula is C50H55N11O5. The van der Waals surface area contributed by atoms with Crippen LogP contribution in [0.1, 0.15) is 82.5 Å². The second-order valence-corrected chi connectivity index (χ2v) is 17.6. The average Bonchev–Trinajstić information content (AvgIpc) is 3.64. The van der Waals surface area contributed by atoms with E-state index < -0.39 is 5.91 Å². The third-order valence-electron chi connectivity index (χ3n) is 12.7. The normalized spacial score (nSPS) is 23.2. The van der Waals surface area contributed by atoms with Crippen LogP contribution in [0.15, 0.2) is 114 Å². The molecule has 2 atom stereocenters. The highest BCUT2D eigenvalue weighted by Crippen LogP contribution is 2.30. The first-order chi connectivity index (χ1) is 32.1. The van der Waals surface area contributed by atoms with Crippen LogP contribution in [0, 0.1) is 11.8 Å². The molecule has 3 aromatic heterocycles. The molecule has 0 spiro atoms. The molecule has 0 saturated heterocycles. The number of hydrogen-bond acceptors (Lipinski definition) is 12. The predicted molar refractivity (Wildman–Crippen MR) is 247 cm³/mol. The van der Waals surface area contributed by atoms with Gasteiger partial charge in [0.25, 0.3) is 23.6 Å². The fourth-order valence-corrected chi connectivity index (χ4v) is 9.29. The van der Waals surface area contributed by atoms with Crippen molar-refractivity contribution in [3.05, 3.63) is 148 Å². The van der Waals surface area contributed by atoms with Crippen molar-refractivity contribution in [3.63, 3.8) is 0 Å². The van der Waals surface area contributed by atoms with Crippen molar-refractivity contribution in [2.24, 2.45) is 11.8 Å². The minimum absolute atomic E-state index is 0.0864. The maximum Gasteiger partial charge on any atom is 0.253 e. The maximum absolute atomic E-state index is 14.5. The zero-order valence-corrected chi connectivity index (χ0v) is 37.1. The monoisotopic (exact) mass is 889 g/mol. The largest absolute Gasteiger partial charge is 0.356 e. The molecule has 340 valence electrons. The summed E-state index contributed by atoms with van der Waals surface area (Å²) in [5.41, 5.74) is 8.52. The van der Waals surface area contributed by atoms with Crippen LogP contribution in [-0.2, 0) is 40.6 Å². The van der Waals surface area contributed by atoms with Gasteiger partial charge in [-0.15, -0.1) is 0 Å². The smallest absolute Gasteiger partial charge is 0.253 e. The van der Waals surface area contributed by atoms with Crippen LogP contribution in [0.25, 0.3) is 11.4 Å². The number of nitrogens with zero attached hydrogens (tertiary/aromatic N) is 6. The van der Waals surface area contributed by atoms with Gasteiger partial charge in [0.05, 0.1) is 56.7 Å². The van der Waals surface area contributed by atoms with E-state index in [2.05, 4.69) is 42.5 Å². The maximum atomic E-state index is 14.5. The Morgan fingerprint density at radius 1 is 0.636 bits per heavy atom. The summed E-state index contributed by atoms with van der Waals surface area (Å²) in [6, 6.07) is 13.6. The molecule has 0 aromatic carbocycles. The number of amides is 5. The van der Waals surface area contributed by atoms with Crippen LogP contribution in [0.5, 0.6) is 0 Å². The molecule has 1 saturated carbocycles. The quantitative estimate of drug-likeness (QED) is 0.146. The summed E-state index contributed by atoms with van der Waals surface area (Å²) in [7, 11) is 0. The SMILES string of the molecule is CCCNC(=O)c1cc(C(=O)NCCNC(=O)C2CCC(CN3C(=O)C=CC3=O)CC2)c2nc1CN1CC3=CC=C/C(=C4\C=CC=C(CN(Cc5cccc(n5)-c5cccc(n5)C1)C2)N4)N3. The molecule has 5 aliphatic heterocycles. The van der Waals surface area contributed by atoms with Gasteiger partial charge >= 0.3 is 0 Å². The number of imide groups is 1. The first-order valence-electron chi connectivity index (χ1n) is 23.0. The molecule has 6 aliphatic rings. The zero-order chi connectivity index (χ0) is 45.6. The molecule has 1 fully saturated rings. The van der Waals surface area contributed by atoms with Crippen molar-refractivity contribution in [1.82, 2.24) is 56.2 Å². The van der Waals surface area contributed by atoms with Crippen molar-refractivity contribution >= 4 is 29.5 Å². The van der Waals surface area contributed by atoms with E-state index in [1.807, 2.05) is 73.7 Å². The Morgan fingerprint density at radius 3 is 1.71 bits per heavy atom. The number of hydrogen-bond donors (Lipinski definition) is 5. The van der Waals surface area contributed by atoms with E-state index in [-0.39, 0.29) is 67.2 Å². The van der Waals surface area contributed by atoms with Crippen molar-refractivity contribution in [2.45, 2.75) is 65.2 Å². The van der Waals surface area contributed by atoms with Crippen LogP contribution in [-0.4, -0.2) is 98.5 Å². The number of dihydropyridines is 2. The Labute approximate surface area is 384 Å². The van der Waals surface area contributed by atoms with Crippen LogP contribution in [0.3, 0.4) is 0 Å². The van der Waals surface area contributed by atoms with Gasteiger partial charge in [0.1, 0.15) is 0 Å². The fraction of sp³-hybridized carbons (Fsp3) is 0.360. The van der Waals surface area contributed by atoms with Gasteiger partial charge in [-0.05, 0) is 92.7 Å². The zero-order valence-electron chi connectivity index (χ0n) is 37.1. The Hall–Kier alpha value is -7.04. The Bertz CT molecular complexity index is 2600. The number of allylic oxidation sites excluding steroid dienone is 6. The summed E-state index contributed by atoms with van der Waals surface area (Å²) >= 11 is 0. The van der Waals surface area contributed by atoms with E-state index >= 15 is 0 Å². The number of aromatic nitrogens is 3. The number of nitrogens with one attached hydrogen (secondary N) is 5. The van der Waals surface area contributed by atoms with Crippen molar-refractivity contribution in [1.29, 1.82) is 0 Å². The van der Waals surface area contributed by atoms with Crippen molar-refractivity contribution in [2.75, 3.05) is 39.3 Å². The summed E-state index contributed by atoms with van der Waals surface area (Å²) in [5, 5.41) is 16.3. The molecular weight excluding hydrogens is 835 g/mol. The minimum atomic E-state index is -0.406. The van der Waals surface area contributed by atoms with E-state index in [9.17, 15) is 24.0 Å². The van der Waals surface area contributed by atoms with Gasteiger partial charge in [-0.2, -0.15) is 0 Å². The van der Waals surface area contributed by atoms with E-state index in [4.69, 9.17) is 15.0 Å². The molecule has 2 unspecified atom stereocenters. The average molecular weight is 890 g/mol. The van der Waals surface area contributed by atoms with Crippen molar-refractivity contribution in [3.8, 4) is 11.4 Å². The van der Waals surface area contributed by atoms with E-state index in [0.717, 1.165) is 64.8 Å². The molecule has 0 radical (unpaired) electrons. The van der Waals surface area contributed by atoms with Gasteiger partial charge < -0.3 is 26.6 Å².